The van der Waals surface area contributed by atoms with E-state index in [-0.39, 0.29) is 24.5 Å². The number of piperidine rings is 1. The molecule has 3 aromatic rings. The number of amides is 1. The Balaban J connectivity index is 1.59. The molecule has 0 saturated carbocycles. The molecule has 1 aliphatic rings. The number of para-hydroxylation sites is 1. The molecule has 1 aliphatic heterocycles. The van der Waals surface area contributed by atoms with Crippen molar-refractivity contribution < 1.29 is 18.4 Å². The van der Waals surface area contributed by atoms with E-state index >= 15 is 0 Å². The van der Waals surface area contributed by atoms with Gasteiger partial charge in [-0.2, -0.15) is 5.10 Å². The first-order valence-corrected chi connectivity index (χ1v) is 10.9. The van der Waals surface area contributed by atoms with Gasteiger partial charge in [0.15, 0.2) is 11.6 Å². The van der Waals surface area contributed by atoms with Gasteiger partial charge in [0.1, 0.15) is 0 Å². The smallest absolute Gasteiger partial charge is 0.278 e. The molecule has 1 N–H and O–H groups in total. The Labute approximate surface area is 195 Å². The van der Waals surface area contributed by atoms with Crippen LogP contribution in [0.3, 0.4) is 0 Å². The summed E-state index contributed by atoms with van der Waals surface area (Å²) in [5.41, 5.74) is 0.764. The molecular weight excluding hydrogens is 444 g/mol. The maximum Gasteiger partial charge on any atom is 0.278 e. The first kappa shape index (κ1) is 23.5. The normalized spacial score (nSPS) is 18.8. The number of H-pyrrole nitrogens is 1. The van der Waals surface area contributed by atoms with Crippen LogP contribution in [0.5, 0.6) is 5.75 Å². The number of aromatic nitrogens is 3. The number of rotatable bonds is 6. The highest BCUT2D eigenvalue weighted by molar-refractivity contribution is 5.94. The van der Waals surface area contributed by atoms with Gasteiger partial charge in [0.25, 0.3) is 11.8 Å². The van der Waals surface area contributed by atoms with Crippen LogP contribution in [0, 0.1) is 6.92 Å². The number of aryl methyl sites for hydroxylation is 1. The van der Waals surface area contributed by atoms with Gasteiger partial charge >= 0.3 is 0 Å². The number of nitrogens with one attached hydrogen (secondary N) is 1. The van der Waals surface area contributed by atoms with Crippen LogP contribution in [0.25, 0.3) is 0 Å². The van der Waals surface area contributed by atoms with Crippen LogP contribution in [0.15, 0.2) is 65.7 Å². The number of nitrogens with zero attached hydrogens (tertiary/aromatic N) is 4. The van der Waals surface area contributed by atoms with Gasteiger partial charge in [-0.05, 0) is 43.2 Å². The Morgan fingerprint density at radius 1 is 1.24 bits per heavy atom. The van der Waals surface area contributed by atoms with E-state index in [0.29, 0.717) is 11.3 Å². The lowest BCUT2D eigenvalue weighted by atomic mass is 9.87. The van der Waals surface area contributed by atoms with E-state index < -0.39 is 30.2 Å². The van der Waals surface area contributed by atoms with Crippen LogP contribution in [0.1, 0.15) is 30.4 Å². The number of alkyl halides is 2. The molecule has 0 spiro atoms. The van der Waals surface area contributed by atoms with Gasteiger partial charge in [0.2, 0.25) is 5.56 Å². The molecule has 0 aliphatic carbocycles. The number of aromatic amines is 1. The third-order valence-electron chi connectivity index (χ3n) is 6.02. The molecule has 2 atom stereocenters. The van der Waals surface area contributed by atoms with Gasteiger partial charge in [0.05, 0.1) is 12.0 Å². The summed E-state index contributed by atoms with van der Waals surface area (Å²) >= 11 is 0. The molecule has 34 heavy (non-hydrogen) atoms. The second kappa shape index (κ2) is 9.68. The van der Waals surface area contributed by atoms with Crippen molar-refractivity contribution in [3.05, 3.63) is 82.4 Å². The average Bonchev–Trinajstić information content (AvgIpc) is 2.84. The van der Waals surface area contributed by atoms with E-state index in [1.165, 1.54) is 24.5 Å². The predicted molar refractivity (Wildman–Crippen MR) is 122 cm³/mol. The molecule has 1 saturated heterocycles. The maximum absolute atomic E-state index is 14.8. The number of hydroxylamine groups is 1. The Morgan fingerprint density at radius 3 is 2.71 bits per heavy atom. The largest absolute Gasteiger partial charge is 0.370 e. The van der Waals surface area contributed by atoms with Gasteiger partial charge in [-0.15, -0.1) is 10.2 Å². The summed E-state index contributed by atoms with van der Waals surface area (Å²) in [6.45, 7) is 3.46. The van der Waals surface area contributed by atoms with E-state index in [9.17, 15) is 18.4 Å². The molecule has 178 valence electrons. The van der Waals surface area contributed by atoms with Crippen molar-refractivity contribution in [2.45, 2.75) is 38.2 Å². The van der Waals surface area contributed by atoms with Crippen molar-refractivity contribution in [1.29, 1.82) is 0 Å². The number of halogens is 2. The molecule has 2 aromatic heterocycles. The summed E-state index contributed by atoms with van der Waals surface area (Å²) in [7, 11) is 0. The van der Waals surface area contributed by atoms with Crippen LogP contribution < -0.4 is 15.5 Å². The highest BCUT2D eigenvalue weighted by Crippen LogP contribution is 2.40. The SMILES string of the molecule is Cc1ccccc1ON(C(=O)C(C)N1CCC(F)(F)C(c2ccc(=O)[nH]c2)C1)c1cccnn1. The second-order valence-electron chi connectivity index (χ2n) is 8.29. The van der Waals surface area contributed by atoms with Gasteiger partial charge in [-0.25, -0.2) is 8.78 Å². The fourth-order valence-electron chi connectivity index (χ4n) is 3.96. The zero-order valence-corrected chi connectivity index (χ0v) is 18.8. The summed E-state index contributed by atoms with van der Waals surface area (Å²) in [5.74, 6) is -3.96. The first-order chi connectivity index (χ1) is 16.3. The fraction of sp³-hybridized carbons (Fsp3) is 0.333. The first-order valence-electron chi connectivity index (χ1n) is 10.9. The van der Waals surface area contributed by atoms with Crippen molar-refractivity contribution >= 4 is 11.7 Å². The minimum atomic E-state index is -2.97. The van der Waals surface area contributed by atoms with Crippen molar-refractivity contribution in [3.63, 3.8) is 0 Å². The predicted octanol–water partition coefficient (Wildman–Crippen LogP) is 3.31. The van der Waals surface area contributed by atoms with E-state index in [2.05, 4.69) is 15.2 Å². The lowest BCUT2D eigenvalue weighted by Crippen LogP contribution is -2.55. The van der Waals surface area contributed by atoms with Crippen LogP contribution in [0.4, 0.5) is 14.6 Å². The number of carbonyl (C=O) groups excluding carboxylic acids is 1. The molecule has 1 fully saturated rings. The summed E-state index contributed by atoms with van der Waals surface area (Å²) in [6, 6.07) is 12.3. The summed E-state index contributed by atoms with van der Waals surface area (Å²) < 4.78 is 29.6. The van der Waals surface area contributed by atoms with E-state index in [1.807, 2.05) is 19.1 Å². The van der Waals surface area contributed by atoms with Gasteiger partial charge in [-0.3, -0.25) is 14.5 Å². The van der Waals surface area contributed by atoms with E-state index in [1.54, 1.807) is 36.1 Å². The minimum absolute atomic E-state index is 0.0262. The number of pyridine rings is 1. The highest BCUT2D eigenvalue weighted by Gasteiger charge is 2.47. The quantitative estimate of drug-likeness (QED) is 0.557. The number of anilines is 1. The average molecular weight is 469 g/mol. The molecule has 0 radical (unpaired) electrons. The number of hydrogen-bond donors (Lipinski definition) is 1. The molecule has 4 rings (SSSR count). The minimum Gasteiger partial charge on any atom is -0.370 e. The lowest BCUT2D eigenvalue weighted by molar-refractivity contribution is -0.132. The Morgan fingerprint density at radius 2 is 2.03 bits per heavy atom. The Bertz CT molecular complexity index is 1180. The maximum atomic E-state index is 14.8. The summed E-state index contributed by atoms with van der Waals surface area (Å²) in [5, 5.41) is 8.90. The topological polar surface area (TPSA) is 91.4 Å². The molecule has 1 amide bonds. The molecule has 1 aromatic carbocycles. The van der Waals surface area contributed by atoms with Crippen molar-refractivity contribution in [2.75, 3.05) is 18.2 Å². The van der Waals surface area contributed by atoms with Crippen LogP contribution >= 0.6 is 0 Å². The van der Waals surface area contributed by atoms with E-state index in [0.717, 1.165) is 10.6 Å². The zero-order chi connectivity index (χ0) is 24.3. The molecule has 2 unspecified atom stereocenters. The number of likely N-dealkylation sites (tertiary alicyclic amines) is 1. The monoisotopic (exact) mass is 469 g/mol. The van der Waals surface area contributed by atoms with Crippen LogP contribution in [-0.4, -0.2) is 51.0 Å². The van der Waals surface area contributed by atoms with Crippen molar-refractivity contribution in [3.8, 4) is 5.75 Å². The fourth-order valence-corrected chi connectivity index (χ4v) is 3.96. The second-order valence-corrected chi connectivity index (χ2v) is 8.29. The van der Waals surface area contributed by atoms with Gasteiger partial charge in [-0.1, -0.05) is 24.3 Å². The lowest BCUT2D eigenvalue weighted by Gasteiger charge is -2.41. The van der Waals surface area contributed by atoms with Crippen LogP contribution in [0.2, 0.25) is 0 Å². The third kappa shape index (κ3) is 4.96. The van der Waals surface area contributed by atoms with Gasteiger partial charge < -0.3 is 9.82 Å². The molecule has 3 heterocycles. The number of hydrogen-bond acceptors (Lipinski definition) is 6. The Kier molecular flexibility index (Phi) is 6.69. The van der Waals surface area contributed by atoms with Gasteiger partial charge in [0, 0.05) is 38.0 Å². The van der Waals surface area contributed by atoms with Crippen molar-refractivity contribution in [1.82, 2.24) is 20.1 Å². The third-order valence-corrected chi connectivity index (χ3v) is 6.02. The molecule has 10 heteroatoms. The van der Waals surface area contributed by atoms with Crippen LogP contribution in [-0.2, 0) is 4.79 Å². The number of carbonyl (C=O) groups is 1. The molecule has 0 bridgehead atoms. The number of benzene rings is 1. The zero-order valence-electron chi connectivity index (χ0n) is 18.8. The Hall–Kier alpha value is -3.66. The standard InChI is InChI=1S/C24H25F2N5O3/c1-16-6-3-4-7-20(16)34-31(21-8-5-12-28-29-21)23(33)17(2)30-13-11-24(25,26)19(15-30)18-9-10-22(32)27-14-18/h3-10,12,14,17,19H,11,13,15H2,1-2H3,(H,27,32). The summed E-state index contributed by atoms with van der Waals surface area (Å²) in [4.78, 5) is 35.0. The highest BCUT2D eigenvalue weighted by atomic mass is 19.3. The summed E-state index contributed by atoms with van der Waals surface area (Å²) in [6.07, 6.45) is 2.37. The van der Waals surface area contributed by atoms with Crippen molar-refractivity contribution in [2.24, 2.45) is 0 Å². The van der Waals surface area contributed by atoms with E-state index in [4.69, 9.17) is 4.84 Å². The molecule has 8 nitrogen and oxygen atoms in total. The molecular formula is C24H25F2N5O3.